The summed E-state index contributed by atoms with van der Waals surface area (Å²) in [5.41, 5.74) is 1.66. The van der Waals surface area contributed by atoms with Gasteiger partial charge in [-0.2, -0.15) is 0 Å². The predicted octanol–water partition coefficient (Wildman–Crippen LogP) is 2.18. The van der Waals surface area contributed by atoms with Gasteiger partial charge in [0.2, 0.25) is 0 Å². The molecule has 0 bridgehead atoms. The van der Waals surface area contributed by atoms with E-state index in [2.05, 4.69) is 0 Å². The van der Waals surface area contributed by atoms with Crippen molar-refractivity contribution >= 4 is 17.3 Å². The van der Waals surface area contributed by atoms with Gasteiger partial charge in [-0.3, -0.25) is 0 Å². The number of rotatable bonds is 3. The number of fused-ring (bicyclic) bond motifs is 1. The van der Waals surface area contributed by atoms with E-state index in [9.17, 15) is 4.79 Å². The molecule has 0 radical (unpaired) electrons. The number of aldehydes is 1. The van der Waals surface area contributed by atoms with Gasteiger partial charge in [0.25, 0.3) is 0 Å². The Morgan fingerprint density at radius 3 is 3.00 bits per heavy atom. The van der Waals surface area contributed by atoms with E-state index >= 15 is 0 Å². The van der Waals surface area contributed by atoms with Crippen LogP contribution in [0.15, 0.2) is 28.9 Å². The lowest BCUT2D eigenvalue weighted by molar-refractivity contribution is -0.107. The number of furan rings is 1. The summed E-state index contributed by atoms with van der Waals surface area (Å²) in [6.07, 6.45) is 2.88. The fourth-order valence-corrected chi connectivity index (χ4v) is 1.52. The van der Waals surface area contributed by atoms with Crippen molar-refractivity contribution in [1.29, 1.82) is 0 Å². The van der Waals surface area contributed by atoms with Crippen molar-refractivity contribution in [3.05, 3.63) is 30.0 Å². The van der Waals surface area contributed by atoms with Gasteiger partial charge in [0.05, 0.1) is 13.4 Å². The van der Waals surface area contributed by atoms with E-state index in [1.165, 1.54) is 0 Å². The zero-order valence-corrected chi connectivity index (χ0v) is 7.82. The first-order valence-electron chi connectivity index (χ1n) is 4.33. The van der Waals surface area contributed by atoms with Crippen LogP contribution in [-0.2, 0) is 11.2 Å². The summed E-state index contributed by atoms with van der Waals surface area (Å²) in [5.74, 6) is 0.694. The second kappa shape index (κ2) is 3.54. The van der Waals surface area contributed by atoms with Gasteiger partial charge >= 0.3 is 0 Å². The van der Waals surface area contributed by atoms with Gasteiger partial charge in [-0.15, -0.1) is 0 Å². The SMILES string of the molecule is COc1ccc(CC=O)c2ccoc12. The third-order valence-electron chi connectivity index (χ3n) is 2.19. The molecule has 0 spiro atoms. The molecule has 72 valence electrons. The highest BCUT2D eigenvalue weighted by atomic mass is 16.5. The van der Waals surface area contributed by atoms with Crippen LogP contribution in [0.1, 0.15) is 5.56 Å². The number of carbonyl (C=O) groups is 1. The van der Waals surface area contributed by atoms with E-state index in [0.29, 0.717) is 17.8 Å². The molecule has 1 aromatic carbocycles. The van der Waals surface area contributed by atoms with Crippen molar-refractivity contribution in [2.45, 2.75) is 6.42 Å². The van der Waals surface area contributed by atoms with Crippen LogP contribution in [0, 0.1) is 0 Å². The number of hydrogen-bond acceptors (Lipinski definition) is 3. The van der Waals surface area contributed by atoms with Crippen molar-refractivity contribution < 1.29 is 13.9 Å². The summed E-state index contributed by atoms with van der Waals surface area (Å²) in [7, 11) is 1.59. The molecule has 1 aromatic heterocycles. The number of benzene rings is 1. The second-order valence-corrected chi connectivity index (χ2v) is 2.96. The van der Waals surface area contributed by atoms with Crippen LogP contribution in [0.4, 0.5) is 0 Å². The van der Waals surface area contributed by atoms with Crippen LogP contribution in [0.25, 0.3) is 11.0 Å². The number of carbonyl (C=O) groups excluding carboxylic acids is 1. The van der Waals surface area contributed by atoms with Gasteiger partial charge in [-0.05, 0) is 17.7 Å². The molecule has 0 saturated carbocycles. The van der Waals surface area contributed by atoms with Crippen molar-refractivity contribution in [2.75, 3.05) is 7.11 Å². The number of hydrogen-bond donors (Lipinski definition) is 0. The lowest BCUT2D eigenvalue weighted by Crippen LogP contribution is -1.89. The molecule has 0 amide bonds. The summed E-state index contributed by atoms with van der Waals surface area (Å²) >= 11 is 0. The van der Waals surface area contributed by atoms with E-state index in [-0.39, 0.29) is 0 Å². The molecule has 3 heteroatoms. The number of ether oxygens (including phenoxy) is 1. The van der Waals surface area contributed by atoms with Crippen LogP contribution < -0.4 is 4.74 Å². The molecule has 0 atom stereocenters. The Balaban J connectivity index is 2.65. The third kappa shape index (κ3) is 1.27. The molecule has 0 aliphatic rings. The maximum atomic E-state index is 10.4. The molecular formula is C11H10O3. The van der Waals surface area contributed by atoms with Crippen molar-refractivity contribution in [3.8, 4) is 5.75 Å². The van der Waals surface area contributed by atoms with E-state index in [1.807, 2.05) is 18.2 Å². The maximum absolute atomic E-state index is 10.4. The molecule has 2 rings (SSSR count). The Bertz CT molecular complexity index is 457. The lowest BCUT2D eigenvalue weighted by Gasteiger charge is -2.02. The summed E-state index contributed by atoms with van der Waals surface area (Å²) in [5, 5.41) is 0.941. The first-order valence-corrected chi connectivity index (χ1v) is 4.33. The van der Waals surface area contributed by atoms with Crippen molar-refractivity contribution in [3.63, 3.8) is 0 Å². The molecule has 0 aliphatic carbocycles. The van der Waals surface area contributed by atoms with Gasteiger partial charge in [-0.1, -0.05) is 6.07 Å². The quantitative estimate of drug-likeness (QED) is 0.696. The summed E-state index contributed by atoms with van der Waals surface area (Å²) in [4.78, 5) is 10.4. The first kappa shape index (κ1) is 8.81. The lowest BCUT2D eigenvalue weighted by atomic mass is 10.1. The standard InChI is InChI=1S/C11H10O3/c1-13-10-3-2-8(4-6-12)9-5-7-14-11(9)10/h2-3,5-7H,4H2,1H3. The summed E-state index contributed by atoms with van der Waals surface area (Å²) in [6, 6.07) is 5.53. The monoisotopic (exact) mass is 190 g/mol. The Morgan fingerprint density at radius 2 is 2.29 bits per heavy atom. The zero-order valence-electron chi connectivity index (χ0n) is 7.82. The van der Waals surface area contributed by atoms with E-state index < -0.39 is 0 Å². The van der Waals surface area contributed by atoms with Crippen LogP contribution in [0.2, 0.25) is 0 Å². The molecule has 1 heterocycles. The minimum Gasteiger partial charge on any atom is -0.493 e. The average molecular weight is 190 g/mol. The zero-order chi connectivity index (χ0) is 9.97. The van der Waals surface area contributed by atoms with E-state index in [1.54, 1.807) is 13.4 Å². The van der Waals surface area contributed by atoms with Crippen molar-refractivity contribution in [2.24, 2.45) is 0 Å². The van der Waals surface area contributed by atoms with E-state index in [4.69, 9.17) is 9.15 Å². The first-order chi connectivity index (χ1) is 6.86. The topological polar surface area (TPSA) is 39.4 Å². The average Bonchev–Trinajstić information content (AvgIpc) is 2.67. The molecule has 0 aliphatic heterocycles. The Morgan fingerprint density at radius 1 is 1.43 bits per heavy atom. The Kier molecular flexibility index (Phi) is 2.23. The molecule has 0 N–H and O–H groups in total. The van der Waals surface area contributed by atoms with Gasteiger partial charge in [0.1, 0.15) is 6.29 Å². The molecule has 0 fully saturated rings. The fourth-order valence-electron chi connectivity index (χ4n) is 1.52. The van der Waals surface area contributed by atoms with Crippen molar-refractivity contribution in [1.82, 2.24) is 0 Å². The molecule has 3 nitrogen and oxygen atoms in total. The highest BCUT2D eigenvalue weighted by molar-refractivity contribution is 5.87. The van der Waals surface area contributed by atoms with E-state index in [0.717, 1.165) is 17.2 Å². The minimum atomic E-state index is 0.403. The Labute approximate surface area is 81.3 Å². The Hall–Kier alpha value is -1.77. The molecule has 0 unspecified atom stereocenters. The van der Waals surface area contributed by atoms with Crippen LogP contribution in [0.5, 0.6) is 5.75 Å². The molecule has 2 aromatic rings. The minimum absolute atomic E-state index is 0.403. The fraction of sp³-hybridized carbons (Fsp3) is 0.182. The van der Waals surface area contributed by atoms with Gasteiger partial charge in [0.15, 0.2) is 11.3 Å². The van der Waals surface area contributed by atoms with Gasteiger partial charge < -0.3 is 13.9 Å². The van der Waals surface area contributed by atoms with Gasteiger partial charge in [-0.25, -0.2) is 0 Å². The second-order valence-electron chi connectivity index (χ2n) is 2.96. The maximum Gasteiger partial charge on any atom is 0.175 e. The largest absolute Gasteiger partial charge is 0.493 e. The van der Waals surface area contributed by atoms with Crippen LogP contribution in [-0.4, -0.2) is 13.4 Å². The normalized spacial score (nSPS) is 10.4. The third-order valence-corrected chi connectivity index (χ3v) is 2.19. The molecule has 0 saturated heterocycles. The van der Waals surface area contributed by atoms with Crippen LogP contribution >= 0.6 is 0 Å². The molecular weight excluding hydrogens is 180 g/mol. The highest BCUT2D eigenvalue weighted by Gasteiger charge is 2.08. The van der Waals surface area contributed by atoms with Crippen LogP contribution in [0.3, 0.4) is 0 Å². The summed E-state index contributed by atoms with van der Waals surface area (Å²) < 4.78 is 10.4. The predicted molar refractivity (Wildman–Crippen MR) is 52.5 cm³/mol. The smallest absolute Gasteiger partial charge is 0.175 e. The highest BCUT2D eigenvalue weighted by Crippen LogP contribution is 2.29. The number of methoxy groups -OCH3 is 1. The molecule has 14 heavy (non-hydrogen) atoms. The summed E-state index contributed by atoms with van der Waals surface area (Å²) in [6.45, 7) is 0. The van der Waals surface area contributed by atoms with Gasteiger partial charge in [0, 0.05) is 11.8 Å².